The molecule has 1 aromatic rings. The number of ether oxygens (including phenoxy) is 2. The van der Waals surface area contributed by atoms with Crippen LogP contribution >= 0.6 is 12.4 Å². The highest BCUT2D eigenvalue weighted by atomic mass is 35.5. The molecule has 1 aliphatic rings. The minimum absolute atomic E-state index is 0. The molecule has 0 bridgehead atoms. The summed E-state index contributed by atoms with van der Waals surface area (Å²) in [6.45, 7) is -0.906. The van der Waals surface area contributed by atoms with E-state index in [1.807, 2.05) is 0 Å². The SMILES string of the molecule is COCC1(C(=O)NCc2ccccc2OC(F)F)CCNCC1.Cl. The number of nitrogens with one attached hydrogen (secondary N) is 2. The average molecular weight is 365 g/mol. The van der Waals surface area contributed by atoms with E-state index in [1.165, 1.54) is 6.07 Å². The predicted molar refractivity (Wildman–Crippen MR) is 88.6 cm³/mol. The van der Waals surface area contributed by atoms with E-state index in [0.717, 1.165) is 13.1 Å². The molecule has 0 aliphatic carbocycles. The van der Waals surface area contributed by atoms with Crippen molar-refractivity contribution in [3.8, 4) is 5.75 Å². The molecule has 0 radical (unpaired) electrons. The Kier molecular flexibility index (Phi) is 8.38. The van der Waals surface area contributed by atoms with E-state index in [0.29, 0.717) is 25.0 Å². The van der Waals surface area contributed by atoms with Crippen LogP contribution in [0.5, 0.6) is 5.75 Å². The summed E-state index contributed by atoms with van der Waals surface area (Å²) in [6.07, 6.45) is 1.36. The normalized spacial score (nSPS) is 16.3. The number of rotatable bonds is 7. The third-order valence-corrected chi connectivity index (χ3v) is 4.09. The maximum absolute atomic E-state index is 12.6. The van der Waals surface area contributed by atoms with Crippen molar-refractivity contribution in [2.75, 3.05) is 26.8 Å². The Bertz CT molecular complexity index is 520. The summed E-state index contributed by atoms with van der Waals surface area (Å²) in [7, 11) is 1.57. The summed E-state index contributed by atoms with van der Waals surface area (Å²) in [4.78, 5) is 12.6. The molecule has 5 nitrogen and oxygen atoms in total. The Balaban J connectivity index is 0.00000288. The molecular weight excluding hydrogens is 342 g/mol. The van der Waals surface area contributed by atoms with Crippen molar-refractivity contribution in [3.63, 3.8) is 0 Å². The van der Waals surface area contributed by atoms with Gasteiger partial charge in [0.2, 0.25) is 5.91 Å². The molecule has 1 aromatic carbocycles. The van der Waals surface area contributed by atoms with Gasteiger partial charge in [-0.2, -0.15) is 8.78 Å². The van der Waals surface area contributed by atoms with Crippen molar-refractivity contribution in [2.24, 2.45) is 5.41 Å². The number of hydrogen-bond donors (Lipinski definition) is 2. The van der Waals surface area contributed by atoms with E-state index in [4.69, 9.17) is 4.74 Å². The van der Waals surface area contributed by atoms with Crippen LogP contribution in [0.4, 0.5) is 8.78 Å². The van der Waals surface area contributed by atoms with Crippen LogP contribution in [0.25, 0.3) is 0 Å². The third kappa shape index (κ3) is 5.29. The Hall–Kier alpha value is -1.44. The molecule has 1 fully saturated rings. The zero-order valence-corrected chi connectivity index (χ0v) is 14.3. The molecule has 8 heteroatoms. The molecule has 1 amide bonds. The summed E-state index contributed by atoms with van der Waals surface area (Å²) < 4.78 is 34.5. The lowest BCUT2D eigenvalue weighted by Crippen LogP contribution is -2.50. The molecule has 0 unspecified atom stereocenters. The number of amides is 1. The van der Waals surface area contributed by atoms with Crippen molar-refractivity contribution < 1.29 is 23.0 Å². The van der Waals surface area contributed by atoms with Crippen LogP contribution in [-0.4, -0.2) is 39.3 Å². The van der Waals surface area contributed by atoms with E-state index in [2.05, 4.69) is 15.4 Å². The maximum atomic E-state index is 12.6. The van der Waals surface area contributed by atoms with E-state index in [9.17, 15) is 13.6 Å². The molecular formula is C16H23ClF2N2O3. The van der Waals surface area contributed by atoms with Crippen LogP contribution in [0, 0.1) is 5.41 Å². The van der Waals surface area contributed by atoms with Crippen molar-refractivity contribution >= 4 is 18.3 Å². The molecule has 0 saturated carbocycles. The predicted octanol–water partition coefficient (Wildman–Crippen LogP) is 2.34. The van der Waals surface area contributed by atoms with E-state index in [-0.39, 0.29) is 30.6 Å². The fourth-order valence-corrected chi connectivity index (χ4v) is 2.84. The van der Waals surface area contributed by atoms with Crippen molar-refractivity contribution in [1.29, 1.82) is 0 Å². The molecule has 1 aliphatic heterocycles. The highest BCUT2D eigenvalue weighted by Crippen LogP contribution is 2.30. The first-order valence-electron chi connectivity index (χ1n) is 7.58. The Labute approximate surface area is 146 Å². The highest BCUT2D eigenvalue weighted by molar-refractivity contribution is 5.85. The minimum atomic E-state index is -2.89. The summed E-state index contributed by atoms with van der Waals surface area (Å²) in [5.74, 6) is -0.0402. The molecule has 0 aromatic heterocycles. The average Bonchev–Trinajstić information content (AvgIpc) is 2.54. The van der Waals surface area contributed by atoms with Gasteiger partial charge in [-0.15, -0.1) is 12.4 Å². The molecule has 24 heavy (non-hydrogen) atoms. The molecule has 2 N–H and O–H groups in total. The molecule has 1 heterocycles. The lowest BCUT2D eigenvalue weighted by Gasteiger charge is -2.35. The standard InChI is InChI=1S/C16H22F2N2O3.ClH/c1-22-11-16(6-8-19-9-7-16)14(21)20-10-12-4-2-3-5-13(12)23-15(17)18;/h2-5,15,19H,6-11H2,1H3,(H,20,21);1H. The minimum Gasteiger partial charge on any atom is -0.434 e. The molecule has 1 saturated heterocycles. The second-order valence-electron chi connectivity index (χ2n) is 5.63. The lowest BCUT2D eigenvalue weighted by molar-refractivity contribution is -0.136. The maximum Gasteiger partial charge on any atom is 0.387 e. The number of para-hydroxylation sites is 1. The van der Waals surface area contributed by atoms with Gasteiger partial charge in [0.15, 0.2) is 0 Å². The monoisotopic (exact) mass is 364 g/mol. The van der Waals surface area contributed by atoms with Gasteiger partial charge in [0.1, 0.15) is 5.75 Å². The van der Waals surface area contributed by atoms with Gasteiger partial charge in [0.05, 0.1) is 12.0 Å². The summed E-state index contributed by atoms with van der Waals surface area (Å²) in [6, 6.07) is 6.45. The topological polar surface area (TPSA) is 59.6 Å². The van der Waals surface area contributed by atoms with Gasteiger partial charge in [-0.1, -0.05) is 18.2 Å². The first-order chi connectivity index (χ1) is 11.1. The molecule has 0 atom stereocenters. The van der Waals surface area contributed by atoms with Crippen LogP contribution in [-0.2, 0) is 16.1 Å². The number of carbonyl (C=O) groups is 1. The Morgan fingerprint density at radius 3 is 2.62 bits per heavy atom. The number of hydrogen-bond acceptors (Lipinski definition) is 4. The highest BCUT2D eigenvalue weighted by Gasteiger charge is 2.39. The van der Waals surface area contributed by atoms with Gasteiger partial charge in [-0.3, -0.25) is 4.79 Å². The van der Waals surface area contributed by atoms with Gasteiger partial charge < -0.3 is 20.1 Å². The third-order valence-electron chi connectivity index (χ3n) is 4.09. The first-order valence-corrected chi connectivity index (χ1v) is 7.58. The van der Waals surface area contributed by atoms with Crippen LogP contribution in [0.3, 0.4) is 0 Å². The molecule has 0 spiro atoms. The molecule has 2 rings (SSSR count). The second-order valence-corrected chi connectivity index (χ2v) is 5.63. The number of carbonyl (C=O) groups excluding carboxylic acids is 1. The van der Waals surface area contributed by atoms with Crippen LogP contribution in [0.2, 0.25) is 0 Å². The quantitative estimate of drug-likeness (QED) is 0.779. The van der Waals surface area contributed by atoms with Crippen LogP contribution in [0.1, 0.15) is 18.4 Å². The largest absolute Gasteiger partial charge is 0.434 e. The van der Waals surface area contributed by atoms with Gasteiger partial charge >= 0.3 is 6.61 Å². The zero-order chi connectivity index (χ0) is 16.7. The Morgan fingerprint density at radius 2 is 2.00 bits per heavy atom. The Morgan fingerprint density at radius 1 is 1.33 bits per heavy atom. The van der Waals surface area contributed by atoms with Crippen LogP contribution < -0.4 is 15.4 Å². The van der Waals surface area contributed by atoms with Crippen LogP contribution in [0.15, 0.2) is 24.3 Å². The van der Waals surface area contributed by atoms with E-state index >= 15 is 0 Å². The fraction of sp³-hybridized carbons (Fsp3) is 0.562. The number of piperidine rings is 1. The van der Waals surface area contributed by atoms with E-state index in [1.54, 1.807) is 25.3 Å². The number of alkyl halides is 2. The number of benzene rings is 1. The summed E-state index contributed by atoms with van der Waals surface area (Å²) >= 11 is 0. The molecule has 136 valence electrons. The number of halogens is 3. The zero-order valence-electron chi connectivity index (χ0n) is 13.5. The number of methoxy groups -OCH3 is 1. The second kappa shape index (κ2) is 9.76. The van der Waals surface area contributed by atoms with Crippen molar-refractivity contribution in [1.82, 2.24) is 10.6 Å². The van der Waals surface area contributed by atoms with Gasteiger partial charge in [0, 0.05) is 19.2 Å². The lowest BCUT2D eigenvalue weighted by atomic mass is 9.78. The first kappa shape index (κ1) is 20.6. The fourth-order valence-electron chi connectivity index (χ4n) is 2.84. The van der Waals surface area contributed by atoms with E-state index < -0.39 is 12.0 Å². The summed E-state index contributed by atoms with van der Waals surface area (Å²) in [5, 5.41) is 6.05. The van der Waals surface area contributed by atoms with Crippen molar-refractivity contribution in [2.45, 2.75) is 26.0 Å². The van der Waals surface area contributed by atoms with Gasteiger partial charge in [-0.05, 0) is 32.0 Å². The van der Waals surface area contributed by atoms with Crippen molar-refractivity contribution in [3.05, 3.63) is 29.8 Å². The summed E-state index contributed by atoms with van der Waals surface area (Å²) in [5.41, 5.74) is -0.0546. The smallest absolute Gasteiger partial charge is 0.387 e. The van der Waals surface area contributed by atoms with Gasteiger partial charge in [0.25, 0.3) is 0 Å². The van der Waals surface area contributed by atoms with Gasteiger partial charge in [-0.25, -0.2) is 0 Å².